The zero-order chi connectivity index (χ0) is 20.2. The molecule has 0 unspecified atom stereocenters. The van der Waals surface area contributed by atoms with E-state index in [0.717, 1.165) is 47.8 Å². The molecule has 3 aromatic rings. The highest BCUT2D eigenvalue weighted by atomic mass is 16.3. The van der Waals surface area contributed by atoms with Crippen LogP contribution in [-0.2, 0) is 6.42 Å². The van der Waals surface area contributed by atoms with Gasteiger partial charge in [0.2, 0.25) is 0 Å². The average Bonchev–Trinajstić information content (AvgIpc) is 3.38. The fourth-order valence-corrected chi connectivity index (χ4v) is 5.76. The number of aromatic amines is 1. The maximum atomic E-state index is 13.6. The van der Waals surface area contributed by atoms with Crippen LogP contribution in [0, 0.1) is 19.3 Å². The highest BCUT2D eigenvalue weighted by Gasteiger charge is 2.57. The van der Waals surface area contributed by atoms with E-state index in [1.54, 1.807) is 0 Å². The van der Waals surface area contributed by atoms with Gasteiger partial charge in [-0.15, -0.1) is 0 Å². The Labute approximate surface area is 171 Å². The molecular weight excluding hydrogens is 360 g/mol. The van der Waals surface area contributed by atoms with E-state index in [0.29, 0.717) is 0 Å². The predicted octanol–water partition coefficient (Wildman–Crippen LogP) is 4.38. The number of aryl methyl sites for hydroxylation is 2. The number of rotatable bonds is 4. The van der Waals surface area contributed by atoms with Gasteiger partial charge in [-0.2, -0.15) is 0 Å². The SMILES string of the molecule is Cc1[nH]c2ccc(C(=O)N3[C@H]4CC[C@@H]3[C@@](CO)(Cc3ccccc3)C4)cc2c1C. The number of hydrogen-bond donors (Lipinski definition) is 2. The number of aromatic nitrogens is 1. The Bertz CT molecular complexity index is 1070. The van der Waals surface area contributed by atoms with Gasteiger partial charge in [-0.25, -0.2) is 0 Å². The lowest BCUT2D eigenvalue weighted by atomic mass is 9.70. The quantitative estimate of drug-likeness (QED) is 0.697. The van der Waals surface area contributed by atoms with Crippen LogP contribution in [0.1, 0.15) is 46.4 Å². The number of amides is 1. The molecule has 0 saturated carbocycles. The molecule has 2 aliphatic rings. The molecule has 1 amide bonds. The summed E-state index contributed by atoms with van der Waals surface area (Å²) in [6.45, 7) is 4.29. The van der Waals surface area contributed by atoms with Gasteiger partial charge in [-0.3, -0.25) is 4.79 Å². The van der Waals surface area contributed by atoms with Gasteiger partial charge < -0.3 is 15.0 Å². The number of carbonyl (C=O) groups is 1. The molecule has 5 rings (SSSR count). The minimum absolute atomic E-state index is 0.106. The molecule has 0 spiro atoms. The minimum Gasteiger partial charge on any atom is -0.396 e. The summed E-state index contributed by atoms with van der Waals surface area (Å²) in [5, 5.41) is 11.5. The van der Waals surface area contributed by atoms with Crippen molar-refractivity contribution in [3.63, 3.8) is 0 Å². The summed E-state index contributed by atoms with van der Waals surface area (Å²) < 4.78 is 0. The van der Waals surface area contributed by atoms with Crippen LogP contribution in [0.4, 0.5) is 0 Å². The summed E-state index contributed by atoms with van der Waals surface area (Å²) in [6.07, 6.45) is 3.73. The Morgan fingerprint density at radius 2 is 1.97 bits per heavy atom. The van der Waals surface area contributed by atoms with E-state index < -0.39 is 0 Å². The van der Waals surface area contributed by atoms with Crippen LogP contribution in [0.2, 0.25) is 0 Å². The molecule has 150 valence electrons. The van der Waals surface area contributed by atoms with Gasteiger partial charge >= 0.3 is 0 Å². The first-order valence-electron chi connectivity index (χ1n) is 10.6. The predicted molar refractivity (Wildman–Crippen MR) is 115 cm³/mol. The van der Waals surface area contributed by atoms with Crippen LogP contribution >= 0.6 is 0 Å². The zero-order valence-electron chi connectivity index (χ0n) is 17.1. The number of nitrogens with one attached hydrogen (secondary N) is 1. The molecule has 0 aliphatic carbocycles. The van der Waals surface area contributed by atoms with E-state index in [4.69, 9.17) is 0 Å². The molecular formula is C25H28N2O2. The van der Waals surface area contributed by atoms with Gasteiger partial charge in [0.25, 0.3) is 5.91 Å². The van der Waals surface area contributed by atoms with Crippen molar-refractivity contribution in [2.75, 3.05) is 6.61 Å². The van der Waals surface area contributed by atoms with Gasteiger partial charge in [-0.1, -0.05) is 30.3 Å². The van der Waals surface area contributed by atoms with E-state index in [-0.39, 0.29) is 30.0 Å². The lowest BCUT2D eigenvalue weighted by Crippen LogP contribution is -2.43. The van der Waals surface area contributed by atoms with Gasteiger partial charge in [0.1, 0.15) is 0 Å². The van der Waals surface area contributed by atoms with Crippen molar-refractivity contribution in [1.82, 2.24) is 9.88 Å². The van der Waals surface area contributed by atoms with Crippen LogP contribution in [0.25, 0.3) is 10.9 Å². The van der Waals surface area contributed by atoms with Crippen LogP contribution in [-0.4, -0.2) is 39.6 Å². The fourth-order valence-electron chi connectivity index (χ4n) is 5.76. The molecule has 2 bridgehead atoms. The average molecular weight is 389 g/mol. The first-order valence-corrected chi connectivity index (χ1v) is 10.6. The van der Waals surface area contributed by atoms with Crippen LogP contribution in [0.15, 0.2) is 48.5 Å². The number of hydrogen-bond acceptors (Lipinski definition) is 2. The summed E-state index contributed by atoms with van der Waals surface area (Å²) in [5.74, 6) is 0.112. The lowest BCUT2D eigenvalue weighted by molar-refractivity contribution is 0.0571. The Morgan fingerprint density at radius 3 is 2.72 bits per heavy atom. The number of benzene rings is 2. The van der Waals surface area contributed by atoms with E-state index in [1.165, 1.54) is 11.1 Å². The number of H-pyrrole nitrogens is 1. The molecule has 29 heavy (non-hydrogen) atoms. The molecule has 2 fully saturated rings. The molecule has 0 radical (unpaired) electrons. The van der Waals surface area contributed by atoms with Crippen molar-refractivity contribution >= 4 is 16.8 Å². The fraction of sp³-hybridized carbons (Fsp3) is 0.400. The molecule has 4 heteroatoms. The molecule has 2 aliphatic heterocycles. The van der Waals surface area contributed by atoms with Gasteiger partial charge in [0.05, 0.1) is 6.61 Å². The van der Waals surface area contributed by atoms with E-state index >= 15 is 0 Å². The Kier molecular flexibility index (Phi) is 4.28. The smallest absolute Gasteiger partial charge is 0.254 e. The van der Waals surface area contributed by atoms with Crippen molar-refractivity contribution < 1.29 is 9.90 Å². The van der Waals surface area contributed by atoms with Crippen molar-refractivity contribution in [2.45, 2.75) is 51.6 Å². The van der Waals surface area contributed by atoms with E-state index in [9.17, 15) is 9.90 Å². The summed E-state index contributed by atoms with van der Waals surface area (Å²) in [5.41, 5.74) is 5.19. The third-order valence-electron chi connectivity index (χ3n) is 7.36. The minimum atomic E-state index is -0.232. The molecule has 2 aromatic carbocycles. The Balaban J connectivity index is 1.47. The largest absolute Gasteiger partial charge is 0.396 e. The van der Waals surface area contributed by atoms with Gasteiger partial charge in [0, 0.05) is 39.7 Å². The van der Waals surface area contributed by atoms with Crippen LogP contribution in [0.3, 0.4) is 0 Å². The monoisotopic (exact) mass is 388 g/mol. The number of fused-ring (bicyclic) bond motifs is 3. The van der Waals surface area contributed by atoms with E-state index in [2.05, 4.69) is 35.9 Å². The molecule has 3 heterocycles. The Morgan fingerprint density at radius 1 is 1.17 bits per heavy atom. The third-order valence-corrected chi connectivity index (χ3v) is 7.36. The number of carbonyl (C=O) groups excluding carboxylic acids is 1. The van der Waals surface area contributed by atoms with Crippen molar-refractivity contribution in [3.8, 4) is 0 Å². The van der Waals surface area contributed by atoms with Gasteiger partial charge in [0.15, 0.2) is 0 Å². The standard InChI is InChI=1S/C25H28N2O2/c1-16-17(2)26-22-10-8-19(12-21(16)22)24(29)27-20-9-11-23(27)25(14-20,15-28)13-18-6-4-3-5-7-18/h3-8,10,12,20,23,26,28H,9,11,13-15H2,1-2H3/t20-,23+,25-/m0/s1. The highest BCUT2D eigenvalue weighted by Crippen LogP contribution is 2.51. The summed E-state index contributed by atoms with van der Waals surface area (Å²) >= 11 is 0. The third kappa shape index (κ3) is 2.81. The van der Waals surface area contributed by atoms with Gasteiger partial charge in [-0.05, 0) is 68.9 Å². The molecule has 2 N–H and O–H groups in total. The van der Waals surface area contributed by atoms with Crippen molar-refractivity contribution in [1.29, 1.82) is 0 Å². The highest BCUT2D eigenvalue weighted by molar-refractivity contribution is 5.99. The number of aliphatic hydroxyl groups is 1. The Hall–Kier alpha value is -2.59. The number of aliphatic hydroxyl groups excluding tert-OH is 1. The summed E-state index contributed by atoms with van der Waals surface area (Å²) in [6, 6.07) is 16.7. The second-order valence-electron chi connectivity index (χ2n) is 8.98. The molecule has 2 saturated heterocycles. The summed E-state index contributed by atoms with van der Waals surface area (Å²) in [4.78, 5) is 19.0. The number of nitrogens with zero attached hydrogens (tertiary/aromatic N) is 1. The lowest BCUT2D eigenvalue weighted by Gasteiger charge is -2.36. The molecule has 3 atom stereocenters. The van der Waals surface area contributed by atoms with Crippen LogP contribution < -0.4 is 0 Å². The molecule has 1 aromatic heterocycles. The zero-order valence-corrected chi connectivity index (χ0v) is 17.1. The topological polar surface area (TPSA) is 56.3 Å². The second kappa shape index (κ2) is 6.74. The summed E-state index contributed by atoms with van der Waals surface area (Å²) in [7, 11) is 0. The van der Waals surface area contributed by atoms with E-state index in [1.807, 2.05) is 36.4 Å². The maximum Gasteiger partial charge on any atom is 0.254 e. The first-order chi connectivity index (χ1) is 14.0. The molecule has 4 nitrogen and oxygen atoms in total. The maximum absolute atomic E-state index is 13.6. The van der Waals surface area contributed by atoms with Crippen LogP contribution in [0.5, 0.6) is 0 Å². The second-order valence-corrected chi connectivity index (χ2v) is 8.98. The van der Waals surface area contributed by atoms with Crippen molar-refractivity contribution in [2.24, 2.45) is 5.41 Å². The van der Waals surface area contributed by atoms with Crippen molar-refractivity contribution in [3.05, 3.63) is 70.9 Å². The normalized spacial score (nSPS) is 25.8. The first kappa shape index (κ1) is 18.4.